The fourth-order valence-electron chi connectivity index (χ4n) is 3.48. The number of aromatic carboxylic acids is 1. The van der Waals surface area contributed by atoms with Crippen LogP contribution in [0.4, 0.5) is 30.4 Å². The third-order valence-corrected chi connectivity index (χ3v) is 5.51. The first-order valence-corrected chi connectivity index (χ1v) is 12.1. The molecular weight excluding hydrogens is 493 g/mol. The van der Waals surface area contributed by atoms with Gasteiger partial charge in [0.2, 0.25) is 10.0 Å². The number of nitrogens with zero attached hydrogens (tertiary/aromatic N) is 3. The number of sulfonamides is 1. The number of aliphatic carboxylic acids is 1. The SMILES string of the molecule is Cc1cccc(N2CCN(c3ncc(NS(C)(=O)=O)cc3C(=O)O)CC2C)c1.O=C(O)C(F)(F)F. The van der Waals surface area contributed by atoms with Crippen molar-refractivity contribution in [3.8, 4) is 0 Å². The average Bonchev–Trinajstić information content (AvgIpc) is 2.72. The number of aryl methyl sites for hydroxylation is 1. The summed E-state index contributed by atoms with van der Waals surface area (Å²) in [6, 6.07) is 9.77. The summed E-state index contributed by atoms with van der Waals surface area (Å²) in [4.78, 5) is 29.1. The average molecular weight is 519 g/mol. The minimum absolute atomic E-state index is 0.0233. The van der Waals surface area contributed by atoms with Crippen LogP contribution in [-0.4, -0.2) is 73.7 Å². The molecular formula is C21H25F3N4O6S. The predicted octanol–water partition coefficient (Wildman–Crippen LogP) is 2.81. The Balaban J connectivity index is 0.000000540. The van der Waals surface area contributed by atoms with Crippen LogP contribution in [0, 0.1) is 6.92 Å². The molecule has 0 saturated carbocycles. The van der Waals surface area contributed by atoms with Crippen LogP contribution >= 0.6 is 0 Å². The van der Waals surface area contributed by atoms with Crippen LogP contribution in [0.2, 0.25) is 0 Å². The zero-order valence-electron chi connectivity index (χ0n) is 19.1. The van der Waals surface area contributed by atoms with Gasteiger partial charge in [-0.25, -0.2) is 23.0 Å². The highest BCUT2D eigenvalue weighted by atomic mass is 32.2. The number of benzene rings is 1. The van der Waals surface area contributed by atoms with Crippen LogP contribution in [0.3, 0.4) is 0 Å². The Bertz CT molecular complexity index is 1190. The number of nitrogens with one attached hydrogen (secondary N) is 1. The molecule has 0 bridgehead atoms. The Morgan fingerprint density at radius 3 is 2.29 bits per heavy atom. The lowest BCUT2D eigenvalue weighted by molar-refractivity contribution is -0.192. The van der Waals surface area contributed by atoms with Crippen molar-refractivity contribution in [3.63, 3.8) is 0 Å². The lowest BCUT2D eigenvalue weighted by Gasteiger charge is -2.42. The van der Waals surface area contributed by atoms with E-state index >= 15 is 0 Å². The Hall–Kier alpha value is -3.55. The molecule has 0 aliphatic carbocycles. The van der Waals surface area contributed by atoms with E-state index < -0.39 is 28.1 Å². The van der Waals surface area contributed by atoms with Gasteiger partial charge in [0.15, 0.2) is 0 Å². The largest absolute Gasteiger partial charge is 0.490 e. The standard InChI is InChI=1S/C19H24N4O4S.C2HF3O2/c1-13-5-4-6-16(9-13)23-8-7-22(12-14(23)2)18-17(19(24)25)10-15(11-20-18)21-28(3,26)27;3-2(4,5)1(6)7/h4-6,9-11,14,21H,7-8,12H2,1-3H3,(H,24,25);(H,6,7). The Morgan fingerprint density at radius 1 is 1.17 bits per heavy atom. The molecule has 1 aromatic heterocycles. The van der Waals surface area contributed by atoms with Crippen molar-refractivity contribution in [3.05, 3.63) is 47.7 Å². The number of alkyl halides is 3. The van der Waals surface area contributed by atoms with Crippen molar-refractivity contribution in [2.45, 2.75) is 26.1 Å². The minimum atomic E-state index is -5.08. The molecule has 10 nitrogen and oxygen atoms in total. The van der Waals surface area contributed by atoms with Gasteiger partial charge < -0.3 is 20.0 Å². The molecule has 0 radical (unpaired) electrons. The summed E-state index contributed by atoms with van der Waals surface area (Å²) in [5.74, 6) is -3.55. The molecule has 1 aromatic carbocycles. The molecule has 3 N–H and O–H groups in total. The molecule has 2 aromatic rings. The lowest BCUT2D eigenvalue weighted by atomic mass is 10.1. The van der Waals surface area contributed by atoms with Crippen LogP contribution < -0.4 is 14.5 Å². The molecule has 0 spiro atoms. The van der Waals surface area contributed by atoms with Crippen LogP contribution in [0.5, 0.6) is 0 Å². The van der Waals surface area contributed by atoms with Crippen molar-refractivity contribution in [2.75, 3.05) is 40.4 Å². The van der Waals surface area contributed by atoms with E-state index in [4.69, 9.17) is 9.90 Å². The van der Waals surface area contributed by atoms with Crippen molar-refractivity contribution < 1.29 is 41.4 Å². The van der Waals surface area contributed by atoms with Crippen molar-refractivity contribution in [1.82, 2.24) is 4.98 Å². The van der Waals surface area contributed by atoms with Gasteiger partial charge in [-0.3, -0.25) is 4.72 Å². The van der Waals surface area contributed by atoms with Crippen LogP contribution in [0.15, 0.2) is 36.5 Å². The molecule has 14 heteroatoms. The van der Waals surface area contributed by atoms with E-state index in [0.717, 1.165) is 18.5 Å². The number of carboxylic acid groups (broad SMARTS) is 2. The van der Waals surface area contributed by atoms with E-state index in [9.17, 15) is 31.5 Å². The van der Waals surface area contributed by atoms with Gasteiger partial charge in [0.25, 0.3) is 0 Å². The summed E-state index contributed by atoms with van der Waals surface area (Å²) in [6.07, 6.45) is -2.73. The third kappa shape index (κ3) is 8.02. The number of carboxylic acids is 2. The van der Waals surface area contributed by atoms with Gasteiger partial charge in [-0.05, 0) is 37.6 Å². The second kappa shape index (κ2) is 10.8. The number of halogens is 3. The molecule has 1 aliphatic heterocycles. The first-order valence-electron chi connectivity index (χ1n) is 10.2. The zero-order chi connectivity index (χ0) is 26.6. The molecule has 35 heavy (non-hydrogen) atoms. The van der Waals surface area contributed by atoms with E-state index in [1.54, 1.807) is 0 Å². The molecule has 1 unspecified atom stereocenters. The summed E-state index contributed by atoms with van der Waals surface area (Å²) < 4.78 is 56.8. The summed E-state index contributed by atoms with van der Waals surface area (Å²) in [5, 5.41) is 16.7. The van der Waals surface area contributed by atoms with Crippen molar-refractivity contribution >= 4 is 39.2 Å². The van der Waals surface area contributed by atoms with E-state index in [2.05, 4.69) is 46.7 Å². The maximum absolute atomic E-state index is 11.7. The van der Waals surface area contributed by atoms with Crippen molar-refractivity contribution in [2.24, 2.45) is 0 Å². The normalized spacial score (nSPS) is 16.2. The number of carbonyl (C=O) groups is 2. The topological polar surface area (TPSA) is 140 Å². The first kappa shape index (κ1) is 27.7. The number of aromatic nitrogens is 1. The lowest BCUT2D eigenvalue weighted by Crippen LogP contribution is -2.52. The second-order valence-electron chi connectivity index (χ2n) is 7.90. The fourth-order valence-corrected chi connectivity index (χ4v) is 4.02. The summed E-state index contributed by atoms with van der Waals surface area (Å²) in [5.41, 5.74) is 2.45. The molecule has 1 aliphatic rings. The number of pyridine rings is 1. The van der Waals surface area contributed by atoms with Crippen LogP contribution in [-0.2, 0) is 14.8 Å². The Morgan fingerprint density at radius 2 is 1.80 bits per heavy atom. The highest BCUT2D eigenvalue weighted by molar-refractivity contribution is 7.92. The van der Waals surface area contributed by atoms with Crippen molar-refractivity contribution in [1.29, 1.82) is 0 Å². The molecule has 1 atom stereocenters. The first-order chi connectivity index (χ1) is 16.1. The monoisotopic (exact) mass is 518 g/mol. The minimum Gasteiger partial charge on any atom is -0.478 e. The predicted molar refractivity (Wildman–Crippen MR) is 124 cm³/mol. The maximum atomic E-state index is 11.7. The molecule has 1 saturated heterocycles. The Kier molecular flexibility index (Phi) is 8.55. The molecule has 1 fully saturated rings. The molecule has 0 amide bonds. The van der Waals surface area contributed by atoms with Gasteiger partial charge >= 0.3 is 18.1 Å². The fraction of sp³-hybridized carbons (Fsp3) is 0.381. The summed E-state index contributed by atoms with van der Waals surface area (Å²) in [7, 11) is -3.51. The van der Waals surface area contributed by atoms with Gasteiger partial charge in [-0.1, -0.05) is 12.1 Å². The van der Waals surface area contributed by atoms with Gasteiger partial charge in [-0.2, -0.15) is 13.2 Å². The number of anilines is 3. The van der Waals surface area contributed by atoms with Gasteiger partial charge in [0.1, 0.15) is 11.4 Å². The van der Waals surface area contributed by atoms with Gasteiger partial charge in [0, 0.05) is 31.4 Å². The van der Waals surface area contributed by atoms with E-state index in [-0.39, 0.29) is 17.3 Å². The van der Waals surface area contributed by atoms with Crippen LogP contribution in [0.25, 0.3) is 0 Å². The number of rotatable bonds is 5. The highest BCUT2D eigenvalue weighted by Gasteiger charge is 2.38. The van der Waals surface area contributed by atoms with E-state index in [1.807, 2.05) is 11.0 Å². The molecule has 2 heterocycles. The number of hydrogen-bond acceptors (Lipinski definition) is 7. The zero-order valence-corrected chi connectivity index (χ0v) is 19.9. The third-order valence-electron chi connectivity index (χ3n) is 4.90. The summed E-state index contributed by atoms with van der Waals surface area (Å²) >= 11 is 0. The molecule has 3 rings (SSSR count). The number of hydrogen-bond donors (Lipinski definition) is 3. The maximum Gasteiger partial charge on any atom is 0.490 e. The van der Waals surface area contributed by atoms with Gasteiger partial charge in [-0.15, -0.1) is 0 Å². The number of piperazine rings is 1. The Labute approximate surface area is 200 Å². The van der Waals surface area contributed by atoms with E-state index in [0.29, 0.717) is 18.9 Å². The molecule has 192 valence electrons. The van der Waals surface area contributed by atoms with Crippen LogP contribution in [0.1, 0.15) is 22.8 Å². The quantitative estimate of drug-likeness (QED) is 0.545. The smallest absolute Gasteiger partial charge is 0.478 e. The summed E-state index contributed by atoms with van der Waals surface area (Å²) in [6.45, 7) is 6.10. The van der Waals surface area contributed by atoms with Gasteiger partial charge in [0.05, 0.1) is 18.1 Å². The highest BCUT2D eigenvalue weighted by Crippen LogP contribution is 2.27. The second-order valence-corrected chi connectivity index (χ2v) is 9.65. The van der Waals surface area contributed by atoms with E-state index in [1.165, 1.54) is 17.8 Å².